The minimum atomic E-state index is -1.09. The van der Waals surface area contributed by atoms with Crippen LogP contribution in [0.5, 0.6) is 0 Å². The normalized spacial score (nSPS) is 29.2. The van der Waals surface area contributed by atoms with Crippen molar-refractivity contribution in [1.29, 1.82) is 0 Å². The second-order valence-electron chi connectivity index (χ2n) is 6.95. The maximum atomic E-state index is 14.7. The third kappa shape index (κ3) is 3.69. The highest BCUT2D eigenvalue weighted by Crippen LogP contribution is 2.34. The number of nitrogens with one attached hydrogen (secondary N) is 1. The van der Waals surface area contributed by atoms with E-state index in [4.69, 9.17) is 5.11 Å². The maximum absolute atomic E-state index is 14.7. The number of alkyl halides is 1. The van der Waals surface area contributed by atoms with Gasteiger partial charge in [-0.05, 0) is 37.7 Å². The van der Waals surface area contributed by atoms with Crippen molar-refractivity contribution in [1.82, 2.24) is 10.2 Å². The lowest BCUT2D eigenvalue weighted by Gasteiger charge is -2.37. The van der Waals surface area contributed by atoms with Gasteiger partial charge in [-0.2, -0.15) is 0 Å². The van der Waals surface area contributed by atoms with Crippen LogP contribution in [-0.2, 0) is 9.59 Å². The molecule has 0 spiro atoms. The highest BCUT2D eigenvalue weighted by molar-refractivity contribution is 5.99. The smallest absolute Gasteiger partial charge is 0.233 e. The molecule has 3 rings (SSSR count). The summed E-state index contributed by atoms with van der Waals surface area (Å²) in [6.07, 6.45) is 6.39. The fourth-order valence-electron chi connectivity index (χ4n) is 3.95. The van der Waals surface area contributed by atoms with E-state index < -0.39 is 6.17 Å². The van der Waals surface area contributed by atoms with Gasteiger partial charge in [0.15, 0.2) is 0 Å². The van der Waals surface area contributed by atoms with Gasteiger partial charge in [0.1, 0.15) is 6.17 Å². The van der Waals surface area contributed by atoms with E-state index in [0.717, 1.165) is 37.9 Å². The lowest BCUT2D eigenvalue weighted by Crippen LogP contribution is -2.42. The van der Waals surface area contributed by atoms with Crippen LogP contribution in [0.2, 0.25) is 0 Å². The Morgan fingerprint density at radius 3 is 2.58 bits per heavy atom. The molecule has 2 atom stereocenters. The molecule has 0 bridgehead atoms. The standard InChI is InChI=1S/C18H25FN2O3/c19-15-11-13(14-2-4-17(23)20-18(14)24)1-3-16(15)21-8-5-12(6-9-21)7-10-22/h1,3,12,14-15,22H,2,4-11H2,(H,20,23,24). The summed E-state index contributed by atoms with van der Waals surface area (Å²) in [6, 6.07) is 0. The van der Waals surface area contributed by atoms with E-state index >= 15 is 0 Å². The number of rotatable bonds is 4. The fraction of sp³-hybridized carbons (Fsp3) is 0.667. The van der Waals surface area contributed by atoms with Crippen molar-refractivity contribution >= 4 is 11.8 Å². The monoisotopic (exact) mass is 336 g/mol. The Morgan fingerprint density at radius 1 is 1.21 bits per heavy atom. The number of piperidine rings is 2. The molecule has 2 fully saturated rings. The molecule has 2 amide bonds. The number of amides is 2. The van der Waals surface area contributed by atoms with Crippen LogP contribution in [0, 0.1) is 11.8 Å². The van der Waals surface area contributed by atoms with Crippen molar-refractivity contribution in [2.75, 3.05) is 19.7 Å². The molecular weight excluding hydrogens is 311 g/mol. The van der Waals surface area contributed by atoms with Gasteiger partial charge in [-0.1, -0.05) is 11.6 Å². The second kappa shape index (κ2) is 7.47. The number of halogens is 1. The van der Waals surface area contributed by atoms with Crippen molar-refractivity contribution in [2.24, 2.45) is 11.8 Å². The second-order valence-corrected chi connectivity index (χ2v) is 6.95. The predicted octanol–water partition coefficient (Wildman–Crippen LogP) is 1.69. The van der Waals surface area contributed by atoms with E-state index in [-0.39, 0.29) is 30.8 Å². The number of likely N-dealkylation sites (tertiary alicyclic amines) is 1. The van der Waals surface area contributed by atoms with Crippen LogP contribution < -0.4 is 5.32 Å². The Bertz CT molecular complexity index is 565. The Balaban J connectivity index is 1.64. The highest BCUT2D eigenvalue weighted by Gasteiger charge is 2.34. The predicted molar refractivity (Wildman–Crippen MR) is 87.6 cm³/mol. The molecule has 132 valence electrons. The Kier molecular flexibility index (Phi) is 5.33. The van der Waals surface area contributed by atoms with Gasteiger partial charge < -0.3 is 10.0 Å². The van der Waals surface area contributed by atoms with Crippen molar-refractivity contribution in [3.05, 3.63) is 23.4 Å². The molecule has 5 nitrogen and oxygen atoms in total. The molecule has 2 unspecified atom stereocenters. The number of imide groups is 1. The van der Waals surface area contributed by atoms with Crippen molar-refractivity contribution in [3.8, 4) is 0 Å². The molecule has 0 aromatic heterocycles. The quantitative estimate of drug-likeness (QED) is 0.767. The first-order valence-electron chi connectivity index (χ1n) is 8.82. The molecule has 2 saturated heterocycles. The van der Waals surface area contributed by atoms with Crippen molar-refractivity contribution in [3.63, 3.8) is 0 Å². The number of aliphatic hydroxyl groups is 1. The maximum Gasteiger partial charge on any atom is 0.233 e. The molecule has 2 heterocycles. The summed E-state index contributed by atoms with van der Waals surface area (Å²) in [5.74, 6) is -0.394. The Hall–Kier alpha value is -1.69. The molecule has 0 saturated carbocycles. The van der Waals surface area contributed by atoms with Gasteiger partial charge in [0.2, 0.25) is 11.8 Å². The lowest BCUT2D eigenvalue weighted by molar-refractivity contribution is -0.135. The SMILES string of the molecule is O=C1CCC(C2=CC=C(N3CCC(CCO)CC3)C(F)C2)C(=O)N1. The van der Waals surface area contributed by atoms with Gasteiger partial charge in [0, 0.05) is 38.2 Å². The van der Waals surface area contributed by atoms with Crippen LogP contribution >= 0.6 is 0 Å². The van der Waals surface area contributed by atoms with Gasteiger partial charge in [-0.15, -0.1) is 0 Å². The van der Waals surface area contributed by atoms with Gasteiger partial charge in [0.05, 0.1) is 5.92 Å². The first-order chi connectivity index (χ1) is 11.6. The summed E-state index contributed by atoms with van der Waals surface area (Å²) in [4.78, 5) is 25.3. The molecule has 0 radical (unpaired) electrons. The molecule has 2 aliphatic heterocycles. The lowest BCUT2D eigenvalue weighted by atomic mass is 9.84. The molecular formula is C18H25FN2O3. The number of allylic oxidation sites excluding steroid dienone is 3. The number of nitrogens with zero attached hydrogens (tertiary/aromatic N) is 1. The van der Waals surface area contributed by atoms with E-state index in [2.05, 4.69) is 10.2 Å². The Labute approximate surface area is 141 Å². The summed E-state index contributed by atoms with van der Waals surface area (Å²) in [5, 5.41) is 11.4. The fourth-order valence-corrected chi connectivity index (χ4v) is 3.95. The van der Waals surface area contributed by atoms with Crippen LogP contribution in [0.3, 0.4) is 0 Å². The third-order valence-electron chi connectivity index (χ3n) is 5.41. The number of aliphatic hydroxyl groups excluding tert-OH is 1. The van der Waals surface area contributed by atoms with E-state index in [1.54, 1.807) is 6.08 Å². The minimum Gasteiger partial charge on any atom is -0.396 e. The van der Waals surface area contributed by atoms with E-state index in [1.165, 1.54) is 0 Å². The van der Waals surface area contributed by atoms with Crippen LogP contribution in [0.4, 0.5) is 4.39 Å². The zero-order valence-electron chi connectivity index (χ0n) is 13.8. The number of hydrogen-bond donors (Lipinski definition) is 2. The zero-order chi connectivity index (χ0) is 17.1. The van der Waals surface area contributed by atoms with Gasteiger partial charge in [-0.25, -0.2) is 4.39 Å². The number of carbonyl (C=O) groups excluding carboxylic acids is 2. The largest absolute Gasteiger partial charge is 0.396 e. The Morgan fingerprint density at radius 2 is 1.96 bits per heavy atom. The topological polar surface area (TPSA) is 69.6 Å². The minimum absolute atomic E-state index is 0.219. The zero-order valence-corrected chi connectivity index (χ0v) is 13.8. The van der Waals surface area contributed by atoms with E-state index in [0.29, 0.717) is 24.5 Å². The van der Waals surface area contributed by atoms with Gasteiger partial charge >= 0.3 is 0 Å². The van der Waals surface area contributed by atoms with Crippen molar-refractivity contribution < 1.29 is 19.1 Å². The van der Waals surface area contributed by atoms with Crippen LogP contribution in [0.25, 0.3) is 0 Å². The highest BCUT2D eigenvalue weighted by atomic mass is 19.1. The summed E-state index contributed by atoms with van der Waals surface area (Å²) in [7, 11) is 0. The molecule has 1 aliphatic carbocycles. The van der Waals surface area contributed by atoms with Crippen molar-refractivity contribution in [2.45, 2.75) is 44.7 Å². The van der Waals surface area contributed by atoms with Crippen LogP contribution in [0.1, 0.15) is 38.5 Å². The summed E-state index contributed by atoms with van der Waals surface area (Å²) < 4.78 is 14.7. The van der Waals surface area contributed by atoms with Crippen LogP contribution in [-0.4, -0.2) is 47.7 Å². The first kappa shape index (κ1) is 17.1. The molecule has 2 N–H and O–H groups in total. The first-order valence-corrected chi connectivity index (χ1v) is 8.82. The summed E-state index contributed by atoms with van der Waals surface area (Å²) in [6.45, 7) is 1.86. The molecule has 3 aliphatic rings. The molecule has 24 heavy (non-hydrogen) atoms. The average molecular weight is 336 g/mol. The van der Waals surface area contributed by atoms with E-state index in [1.807, 2.05) is 6.08 Å². The molecule has 0 aromatic carbocycles. The summed E-state index contributed by atoms with van der Waals surface area (Å²) in [5.41, 5.74) is 1.49. The number of carbonyl (C=O) groups is 2. The number of hydrogen-bond acceptors (Lipinski definition) is 4. The van der Waals surface area contributed by atoms with E-state index in [9.17, 15) is 14.0 Å². The van der Waals surface area contributed by atoms with Crippen LogP contribution in [0.15, 0.2) is 23.4 Å². The molecule has 6 heteroatoms. The van der Waals surface area contributed by atoms with Gasteiger partial charge in [0.25, 0.3) is 0 Å². The van der Waals surface area contributed by atoms with Gasteiger partial charge in [-0.3, -0.25) is 14.9 Å². The third-order valence-corrected chi connectivity index (χ3v) is 5.41. The average Bonchev–Trinajstić information content (AvgIpc) is 2.56. The molecule has 0 aromatic rings. The summed E-state index contributed by atoms with van der Waals surface area (Å²) >= 11 is 0.